The number of rotatable bonds is 2. The van der Waals surface area contributed by atoms with E-state index in [2.05, 4.69) is 10.6 Å². The van der Waals surface area contributed by atoms with Crippen LogP contribution in [0.1, 0.15) is 39.3 Å². The van der Waals surface area contributed by atoms with Crippen molar-refractivity contribution in [3.8, 4) is 0 Å². The van der Waals surface area contributed by atoms with Crippen LogP contribution in [0.2, 0.25) is 0 Å². The van der Waals surface area contributed by atoms with Crippen LogP contribution < -0.4 is 10.6 Å². The number of hydrogen-bond acceptors (Lipinski definition) is 3. The molecule has 1 unspecified atom stereocenters. The third kappa shape index (κ3) is 3.82. The Kier molecular flexibility index (Phi) is 4.51. The highest BCUT2D eigenvalue weighted by molar-refractivity contribution is 7.80. The number of nitrogens with one attached hydrogen (secondary N) is 2. The van der Waals surface area contributed by atoms with Gasteiger partial charge in [-0.2, -0.15) is 0 Å². The summed E-state index contributed by atoms with van der Waals surface area (Å²) in [7, 11) is 0. The molecular weight excluding hydrogens is 303 g/mol. The Balaban J connectivity index is 2.41. The second-order valence-electron chi connectivity index (χ2n) is 6.12. The molecule has 0 aromatic heterocycles. The minimum Gasteiger partial charge on any atom is -0.456 e. The van der Waals surface area contributed by atoms with Gasteiger partial charge in [0.05, 0.1) is 11.6 Å². The molecule has 1 aromatic rings. The van der Waals surface area contributed by atoms with Gasteiger partial charge in [-0.05, 0) is 57.6 Å². The standard InChI is InChI=1S/C16H19FN2O2S/c1-9-12(14(20)21-16(2,3)4)13(19-15(22)18-9)10-5-7-11(17)8-6-10/h5-8,13H,1-4H3,(H2,18,19,22). The number of ether oxygens (including phenoxy) is 1. The van der Waals surface area contributed by atoms with Gasteiger partial charge in [0, 0.05) is 5.70 Å². The molecule has 118 valence electrons. The van der Waals surface area contributed by atoms with Crippen LogP contribution in [0, 0.1) is 5.82 Å². The molecular formula is C16H19FN2O2S. The van der Waals surface area contributed by atoms with Crippen LogP contribution in [0.15, 0.2) is 35.5 Å². The van der Waals surface area contributed by atoms with Crippen molar-refractivity contribution in [1.29, 1.82) is 0 Å². The summed E-state index contributed by atoms with van der Waals surface area (Å²) in [6.07, 6.45) is 0. The van der Waals surface area contributed by atoms with E-state index in [1.807, 2.05) is 20.8 Å². The Morgan fingerprint density at radius 1 is 1.27 bits per heavy atom. The zero-order valence-electron chi connectivity index (χ0n) is 13.0. The molecule has 1 aliphatic heterocycles. The van der Waals surface area contributed by atoms with Crippen molar-refractivity contribution in [2.75, 3.05) is 0 Å². The van der Waals surface area contributed by atoms with Crippen LogP contribution in [0.5, 0.6) is 0 Å². The number of esters is 1. The summed E-state index contributed by atoms with van der Waals surface area (Å²) in [6, 6.07) is 5.48. The summed E-state index contributed by atoms with van der Waals surface area (Å²) in [5.74, 6) is -0.762. The minimum absolute atomic E-state index is 0.334. The van der Waals surface area contributed by atoms with Gasteiger partial charge in [0.25, 0.3) is 0 Å². The van der Waals surface area contributed by atoms with Crippen LogP contribution in [-0.2, 0) is 9.53 Å². The van der Waals surface area contributed by atoms with Crippen molar-refractivity contribution in [3.05, 3.63) is 46.9 Å². The molecule has 2 rings (SSSR count). The Bertz CT molecular complexity index is 633. The summed E-state index contributed by atoms with van der Waals surface area (Å²) in [6.45, 7) is 7.19. The van der Waals surface area contributed by atoms with Crippen LogP contribution in [0.25, 0.3) is 0 Å². The SMILES string of the molecule is CC1=C(C(=O)OC(C)(C)C)C(c2ccc(F)cc2)NC(=S)N1. The van der Waals surface area contributed by atoms with Gasteiger partial charge < -0.3 is 15.4 Å². The smallest absolute Gasteiger partial charge is 0.338 e. The highest BCUT2D eigenvalue weighted by Crippen LogP contribution is 2.29. The van der Waals surface area contributed by atoms with E-state index in [0.717, 1.165) is 5.56 Å². The molecule has 22 heavy (non-hydrogen) atoms. The first-order chi connectivity index (χ1) is 10.2. The zero-order valence-corrected chi connectivity index (χ0v) is 13.8. The molecule has 2 N–H and O–H groups in total. The van der Waals surface area contributed by atoms with Gasteiger partial charge >= 0.3 is 5.97 Å². The summed E-state index contributed by atoms with van der Waals surface area (Å²) >= 11 is 5.15. The van der Waals surface area contributed by atoms with Crippen LogP contribution >= 0.6 is 12.2 Å². The third-order valence-corrected chi connectivity index (χ3v) is 3.31. The van der Waals surface area contributed by atoms with Crippen molar-refractivity contribution >= 4 is 23.3 Å². The molecule has 0 spiro atoms. The Morgan fingerprint density at radius 3 is 2.41 bits per heavy atom. The summed E-state index contributed by atoms with van der Waals surface area (Å²) in [5.41, 5.74) is 1.21. The Hall–Kier alpha value is -1.95. The van der Waals surface area contributed by atoms with Gasteiger partial charge in [-0.3, -0.25) is 0 Å². The van der Waals surface area contributed by atoms with Crippen molar-refractivity contribution in [2.45, 2.75) is 39.3 Å². The maximum atomic E-state index is 13.1. The predicted molar refractivity (Wildman–Crippen MR) is 86.6 cm³/mol. The molecule has 0 saturated carbocycles. The maximum absolute atomic E-state index is 13.1. The van der Waals surface area contributed by atoms with Crippen molar-refractivity contribution in [3.63, 3.8) is 0 Å². The van der Waals surface area contributed by atoms with Gasteiger partial charge in [0.15, 0.2) is 5.11 Å². The molecule has 1 heterocycles. The van der Waals surface area contributed by atoms with E-state index in [4.69, 9.17) is 17.0 Å². The van der Waals surface area contributed by atoms with Crippen molar-refractivity contribution < 1.29 is 13.9 Å². The van der Waals surface area contributed by atoms with Gasteiger partial charge in [-0.1, -0.05) is 12.1 Å². The predicted octanol–water partition coefficient (Wildman–Crippen LogP) is 2.96. The van der Waals surface area contributed by atoms with Gasteiger partial charge in [-0.25, -0.2) is 9.18 Å². The quantitative estimate of drug-likeness (QED) is 0.648. The fourth-order valence-electron chi connectivity index (χ4n) is 2.20. The van der Waals surface area contributed by atoms with Crippen LogP contribution in [0.3, 0.4) is 0 Å². The first kappa shape index (κ1) is 16.4. The van der Waals surface area contributed by atoms with E-state index in [9.17, 15) is 9.18 Å². The molecule has 0 saturated heterocycles. The van der Waals surface area contributed by atoms with E-state index in [-0.39, 0.29) is 5.82 Å². The molecule has 0 radical (unpaired) electrons. The van der Waals surface area contributed by atoms with Gasteiger partial charge in [0.2, 0.25) is 0 Å². The van der Waals surface area contributed by atoms with Gasteiger partial charge in [0.1, 0.15) is 11.4 Å². The largest absolute Gasteiger partial charge is 0.456 e. The molecule has 0 fully saturated rings. The topological polar surface area (TPSA) is 50.4 Å². The molecule has 0 bridgehead atoms. The lowest BCUT2D eigenvalue weighted by Crippen LogP contribution is -2.45. The normalized spacial score (nSPS) is 18.6. The van der Waals surface area contributed by atoms with Crippen LogP contribution in [0.4, 0.5) is 4.39 Å². The molecule has 6 heteroatoms. The second kappa shape index (κ2) is 6.04. The molecule has 1 aromatic carbocycles. The summed E-state index contributed by atoms with van der Waals surface area (Å²) in [4.78, 5) is 12.5. The highest BCUT2D eigenvalue weighted by atomic mass is 32.1. The highest BCUT2D eigenvalue weighted by Gasteiger charge is 2.32. The van der Waals surface area contributed by atoms with Gasteiger partial charge in [-0.15, -0.1) is 0 Å². The number of halogens is 1. The second-order valence-corrected chi connectivity index (χ2v) is 6.53. The molecule has 0 aliphatic carbocycles. The molecule has 4 nitrogen and oxygen atoms in total. The molecule has 1 aliphatic rings. The number of carbonyl (C=O) groups is 1. The van der Waals surface area contributed by atoms with E-state index < -0.39 is 17.6 Å². The fraction of sp³-hybridized carbons (Fsp3) is 0.375. The van der Waals surface area contributed by atoms with Crippen molar-refractivity contribution in [2.24, 2.45) is 0 Å². The number of allylic oxidation sites excluding steroid dienone is 1. The van der Waals surface area contributed by atoms with E-state index >= 15 is 0 Å². The molecule has 0 amide bonds. The van der Waals surface area contributed by atoms with Crippen LogP contribution in [-0.4, -0.2) is 16.7 Å². The lowest BCUT2D eigenvalue weighted by molar-refractivity contribution is -0.150. The Morgan fingerprint density at radius 2 is 1.86 bits per heavy atom. The van der Waals surface area contributed by atoms with E-state index in [1.54, 1.807) is 19.1 Å². The lowest BCUT2D eigenvalue weighted by atomic mass is 9.95. The van der Waals surface area contributed by atoms with Crippen molar-refractivity contribution in [1.82, 2.24) is 10.6 Å². The monoisotopic (exact) mass is 322 g/mol. The summed E-state index contributed by atoms with van der Waals surface area (Å²) in [5, 5.41) is 6.39. The molecule has 1 atom stereocenters. The average molecular weight is 322 g/mol. The number of carbonyl (C=O) groups excluding carboxylic acids is 1. The number of benzene rings is 1. The lowest BCUT2D eigenvalue weighted by Gasteiger charge is -2.31. The fourth-order valence-corrected chi connectivity index (χ4v) is 2.47. The zero-order chi connectivity index (χ0) is 16.5. The summed E-state index contributed by atoms with van der Waals surface area (Å²) < 4.78 is 18.6. The first-order valence-corrected chi connectivity index (χ1v) is 7.35. The third-order valence-electron chi connectivity index (χ3n) is 3.09. The Labute approximate surface area is 134 Å². The number of hydrogen-bond donors (Lipinski definition) is 2. The average Bonchev–Trinajstić information content (AvgIpc) is 2.36. The first-order valence-electron chi connectivity index (χ1n) is 6.94. The van der Waals surface area contributed by atoms with E-state index in [1.165, 1.54) is 12.1 Å². The maximum Gasteiger partial charge on any atom is 0.338 e. The number of thiocarbonyl (C=S) groups is 1. The van der Waals surface area contributed by atoms with E-state index in [0.29, 0.717) is 16.4 Å². The minimum atomic E-state index is -0.602.